The van der Waals surface area contributed by atoms with E-state index in [1.54, 1.807) is 6.07 Å². The number of para-hydroxylation sites is 1. The maximum atomic E-state index is 12.3. The van der Waals surface area contributed by atoms with E-state index in [1.165, 1.54) is 6.20 Å². The van der Waals surface area contributed by atoms with Crippen molar-refractivity contribution in [2.45, 2.75) is 6.54 Å². The Hall–Kier alpha value is -3.19. The SMILES string of the molecule is O=C(NNC(=S)NCc1ccccc1)C(=O)c1c[nH]c2ccccc12. The van der Waals surface area contributed by atoms with Gasteiger partial charge in [-0.05, 0) is 23.8 Å². The molecule has 0 aliphatic rings. The van der Waals surface area contributed by atoms with Gasteiger partial charge in [0.15, 0.2) is 5.11 Å². The van der Waals surface area contributed by atoms with Gasteiger partial charge in [-0.2, -0.15) is 0 Å². The highest BCUT2D eigenvalue weighted by Gasteiger charge is 2.19. The minimum atomic E-state index is -0.784. The van der Waals surface area contributed by atoms with Gasteiger partial charge in [0, 0.05) is 23.6 Å². The zero-order valence-electron chi connectivity index (χ0n) is 13.2. The van der Waals surface area contributed by atoms with Gasteiger partial charge in [-0.1, -0.05) is 48.5 Å². The molecule has 3 aromatic rings. The van der Waals surface area contributed by atoms with Crippen molar-refractivity contribution in [2.24, 2.45) is 0 Å². The second-order valence-electron chi connectivity index (χ2n) is 5.32. The van der Waals surface area contributed by atoms with Gasteiger partial charge < -0.3 is 10.3 Å². The molecule has 25 heavy (non-hydrogen) atoms. The molecule has 2 aromatic carbocycles. The number of aromatic amines is 1. The first-order valence-electron chi connectivity index (χ1n) is 7.63. The van der Waals surface area contributed by atoms with E-state index >= 15 is 0 Å². The van der Waals surface area contributed by atoms with Crippen molar-refractivity contribution >= 4 is 39.9 Å². The maximum absolute atomic E-state index is 12.3. The predicted octanol–water partition coefficient (Wildman–Crippen LogP) is 2.05. The number of ketones is 1. The van der Waals surface area contributed by atoms with E-state index in [-0.39, 0.29) is 5.11 Å². The van der Waals surface area contributed by atoms with Crippen LogP contribution in [0.2, 0.25) is 0 Å². The molecule has 0 fully saturated rings. The number of hydrazine groups is 1. The van der Waals surface area contributed by atoms with E-state index < -0.39 is 11.7 Å². The maximum Gasteiger partial charge on any atom is 0.310 e. The van der Waals surface area contributed by atoms with Crippen molar-refractivity contribution in [3.63, 3.8) is 0 Å². The molecular formula is C18H16N4O2S. The number of H-pyrrole nitrogens is 1. The summed E-state index contributed by atoms with van der Waals surface area (Å²) in [5.74, 6) is -1.43. The van der Waals surface area contributed by atoms with Crippen molar-refractivity contribution in [1.29, 1.82) is 0 Å². The van der Waals surface area contributed by atoms with Gasteiger partial charge in [0.05, 0.1) is 5.56 Å². The molecule has 4 N–H and O–H groups in total. The third-order valence-corrected chi connectivity index (χ3v) is 3.87. The summed E-state index contributed by atoms with van der Waals surface area (Å²) in [5, 5.41) is 3.87. The number of benzene rings is 2. The smallest absolute Gasteiger partial charge is 0.310 e. The van der Waals surface area contributed by atoms with Crippen LogP contribution in [-0.2, 0) is 11.3 Å². The number of carbonyl (C=O) groups excluding carboxylic acids is 2. The van der Waals surface area contributed by atoms with Crippen molar-refractivity contribution < 1.29 is 9.59 Å². The third-order valence-electron chi connectivity index (χ3n) is 3.63. The van der Waals surface area contributed by atoms with Gasteiger partial charge in [-0.3, -0.25) is 20.4 Å². The standard InChI is InChI=1S/C18H16N4O2S/c23-16(14-11-19-15-9-5-4-8-13(14)15)17(24)21-22-18(25)20-10-12-6-2-1-3-7-12/h1-9,11,19H,10H2,(H,21,24)(H2,20,22,25). The van der Waals surface area contributed by atoms with Gasteiger partial charge in [0.1, 0.15) is 0 Å². The summed E-state index contributed by atoms with van der Waals surface area (Å²) in [6, 6.07) is 17.0. The fourth-order valence-electron chi connectivity index (χ4n) is 2.37. The molecule has 0 saturated heterocycles. The number of Topliss-reactive ketones (excluding diaryl/α,β-unsaturated/α-hetero) is 1. The van der Waals surface area contributed by atoms with Crippen molar-refractivity contribution in [1.82, 2.24) is 21.2 Å². The van der Waals surface area contributed by atoms with Gasteiger partial charge in [-0.25, -0.2) is 0 Å². The number of amides is 1. The third kappa shape index (κ3) is 4.02. The molecule has 1 amide bonds. The van der Waals surface area contributed by atoms with Crippen molar-refractivity contribution in [2.75, 3.05) is 0 Å². The molecule has 3 rings (SSSR count). The van der Waals surface area contributed by atoms with Gasteiger partial charge in [-0.15, -0.1) is 0 Å². The van der Waals surface area contributed by atoms with Crippen LogP contribution < -0.4 is 16.2 Å². The molecule has 6 nitrogen and oxygen atoms in total. The largest absolute Gasteiger partial charge is 0.360 e. The van der Waals surface area contributed by atoms with E-state index in [0.29, 0.717) is 17.5 Å². The van der Waals surface area contributed by atoms with Crippen LogP contribution in [0.5, 0.6) is 0 Å². The number of thiocarbonyl (C=S) groups is 1. The fraction of sp³-hybridized carbons (Fsp3) is 0.0556. The molecule has 7 heteroatoms. The van der Waals surface area contributed by atoms with Gasteiger partial charge in [0.25, 0.3) is 5.78 Å². The van der Waals surface area contributed by atoms with Crippen LogP contribution in [0.4, 0.5) is 0 Å². The molecule has 0 atom stereocenters. The Morgan fingerprint density at radius 3 is 2.48 bits per heavy atom. The molecule has 126 valence electrons. The van der Waals surface area contributed by atoms with E-state index in [9.17, 15) is 9.59 Å². The molecule has 0 bridgehead atoms. The lowest BCUT2D eigenvalue weighted by Gasteiger charge is -2.11. The minimum Gasteiger partial charge on any atom is -0.360 e. The predicted molar refractivity (Wildman–Crippen MR) is 99.8 cm³/mol. The lowest BCUT2D eigenvalue weighted by molar-refractivity contribution is -0.117. The van der Waals surface area contributed by atoms with Crippen molar-refractivity contribution in [3.05, 3.63) is 71.9 Å². The zero-order chi connectivity index (χ0) is 17.6. The quantitative estimate of drug-likeness (QED) is 0.250. The van der Waals surface area contributed by atoms with Gasteiger partial charge >= 0.3 is 5.91 Å². The number of hydrogen-bond donors (Lipinski definition) is 4. The topological polar surface area (TPSA) is 86.0 Å². The Labute approximate surface area is 149 Å². The average molecular weight is 352 g/mol. The second-order valence-corrected chi connectivity index (χ2v) is 5.73. The highest BCUT2D eigenvalue weighted by atomic mass is 32.1. The number of aromatic nitrogens is 1. The normalized spacial score (nSPS) is 10.2. The van der Waals surface area contributed by atoms with Crippen LogP contribution in [0.3, 0.4) is 0 Å². The van der Waals surface area contributed by atoms with E-state index in [0.717, 1.165) is 11.1 Å². The molecule has 0 unspecified atom stereocenters. The lowest BCUT2D eigenvalue weighted by Crippen LogP contribution is -2.48. The summed E-state index contributed by atoms with van der Waals surface area (Å²) < 4.78 is 0. The van der Waals surface area contributed by atoms with Crippen LogP contribution in [-0.4, -0.2) is 21.8 Å². The summed E-state index contributed by atoms with van der Waals surface area (Å²) in [5.41, 5.74) is 7.01. The number of nitrogens with one attached hydrogen (secondary N) is 4. The first-order valence-corrected chi connectivity index (χ1v) is 8.04. The summed E-state index contributed by atoms with van der Waals surface area (Å²) in [4.78, 5) is 27.3. The summed E-state index contributed by atoms with van der Waals surface area (Å²) >= 11 is 5.08. The molecular weight excluding hydrogens is 336 g/mol. The number of fused-ring (bicyclic) bond motifs is 1. The fourth-order valence-corrected chi connectivity index (χ4v) is 2.50. The summed E-state index contributed by atoms with van der Waals surface area (Å²) in [6.45, 7) is 0.513. The number of rotatable bonds is 4. The Kier molecular flexibility index (Phi) is 5.06. The van der Waals surface area contributed by atoms with Crippen LogP contribution in [0.1, 0.15) is 15.9 Å². The highest BCUT2D eigenvalue weighted by Crippen LogP contribution is 2.17. The zero-order valence-corrected chi connectivity index (χ0v) is 14.0. The van der Waals surface area contributed by atoms with Gasteiger partial charge in [0.2, 0.25) is 0 Å². The molecule has 0 saturated carbocycles. The molecule has 0 aliphatic heterocycles. The number of hydrogen-bond acceptors (Lipinski definition) is 3. The van der Waals surface area contributed by atoms with E-state index in [2.05, 4.69) is 21.2 Å². The van der Waals surface area contributed by atoms with Crippen LogP contribution in [0.15, 0.2) is 60.8 Å². The molecule has 1 heterocycles. The second kappa shape index (κ2) is 7.59. The summed E-state index contributed by atoms with van der Waals surface area (Å²) in [7, 11) is 0. The molecule has 0 radical (unpaired) electrons. The number of carbonyl (C=O) groups is 2. The minimum absolute atomic E-state index is 0.226. The van der Waals surface area contributed by atoms with E-state index in [4.69, 9.17) is 12.2 Å². The van der Waals surface area contributed by atoms with Crippen LogP contribution in [0, 0.1) is 0 Å². The van der Waals surface area contributed by atoms with Crippen molar-refractivity contribution in [3.8, 4) is 0 Å². The monoisotopic (exact) mass is 352 g/mol. The van der Waals surface area contributed by atoms with Crippen LogP contribution in [0.25, 0.3) is 10.9 Å². The first-order chi connectivity index (χ1) is 12.1. The Morgan fingerprint density at radius 1 is 0.960 bits per heavy atom. The van der Waals surface area contributed by atoms with E-state index in [1.807, 2.05) is 48.5 Å². The lowest BCUT2D eigenvalue weighted by atomic mass is 10.1. The first kappa shape index (κ1) is 16.7. The Morgan fingerprint density at radius 2 is 1.68 bits per heavy atom. The molecule has 0 aliphatic carbocycles. The Bertz CT molecular complexity index is 921. The molecule has 1 aromatic heterocycles. The summed E-state index contributed by atoms with van der Waals surface area (Å²) in [6.07, 6.45) is 1.53. The molecule has 0 spiro atoms. The average Bonchev–Trinajstić information content (AvgIpc) is 3.08. The van der Waals surface area contributed by atoms with Crippen LogP contribution >= 0.6 is 12.2 Å². The highest BCUT2D eigenvalue weighted by molar-refractivity contribution is 7.80. The Balaban J connectivity index is 1.53.